The van der Waals surface area contributed by atoms with E-state index in [0.717, 1.165) is 12.0 Å². The lowest BCUT2D eigenvalue weighted by molar-refractivity contribution is -0.121. The molecule has 9 heteroatoms. The third-order valence-electron chi connectivity index (χ3n) is 5.59. The molecular formula is C26H29N3O5S. The molecule has 2 saturated heterocycles. The van der Waals surface area contributed by atoms with Crippen molar-refractivity contribution in [1.82, 2.24) is 9.80 Å². The second-order valence-corrected chi connectivity index (χ2v) is 9.06. The standard InChI is InChI=1S/C26H29N3O5S/c1-4-13-34-23-18(7-6-10-21(23)32-3)17-22-25(31)28(2)26(35-22)27-20-9-5-8-19(16-20)24(30)29-11-14-33-15-12-29/h5-10,16-17H,4,11-15H2,1-3H3/b22-17+,27-26?. The predicted octanol–water partition coefficient (Wildman–Crippen LogP) is 4.19. The summed E-state index contributed by atoms with van der Waals surface area (Å²) < 4.78 is 16.7. The molecule has 0 bridgehead atoms. The Hall–Kier alpha value is -3.30. The molecule has 2 heterocycles. The number of amides is 2. The van der Waals surface area contributed by atoms with Crippen LogP contribution in [0.15, 0.2) is 52.4 Å². The molecule has 2 aliphatic rings. The maximum Gasteiger partial charge on any atom is 0.266 e. The number of methoxy groups -OCH3 is 1. The van der Waals surface area contributed by atoms with Gasteiger partial charge in [-0.3, -0.25) is 14.5 Å². The number of carbonyl (C=O) groups excluding carboxylic acids is 2. The number of hydrogen-bond donors (Lipinski definition) is 0. The van der Waals surface area contributed by atoms with Crippen molar-refractivity contribution >= 4 is 40.5 Å². The summed E-state index contributed by atoms with van der Waals surface area (Å²) in [5.41, 5.74) is 1.94. The molecule has 0 radical (unpaired) electrons. The van der Waals surface area contributed by atoms with Gasteiger partial charge in [-0.15, -0.1) is 0 Å². The number of hydrogen-bond acceptors (Lipinski definition) is 7. The molecule has 2 aromatic carbocycles. The summed E-state index contributed by atoms with van der Waals surface area (Å²) in [6.07, 6.45) is 2.66. The largest absolute Gasteiger partial charge is 0.493 e. The van der Waals surface area contributed by atoms with E-state index < -0.39 is 0 Å². The third kappa shape index (κ3) is 5.68. The van der Waals surface area contributed by atoms with Crippen LogP contribution < -0.4 is 9.47 Å². The van der Waals surface area contributed by atoms with Crippen LogP contribution in [0.3, 0.4) is 0 Å². The Bertz CT molecular complexity index is 1160. The van der Waals surface area contributed by atoms with Crippen molar-refractivity contribution in [2.45, 2.75) is 13.3 Å². The number of nitrogens with zero attached hydrogens (tertiary/aromatic N) is 3. The molecule has 0 unspecified atom stereocenters. The summed E-state index contributed by atoms with van der Waals surface area (Å²) >= 11 is 1.28. The van der Waals surface area contributed by atoms with Gasteiger partial charge in [0.1, 0.15) is 0 Å². The summed E-state index contributed by atoms with van der Waals surface area (Å²) in [7, 11) is 3.29. The summed E-state index contributed by atoms with van der Waals surface area (Å²) in [6, 6.07) is 12.8. The molecule has 0 spiro atoms. The van der Waals surface area contributed by atoms with E-state index >= 15 is 0 Å². The SMILES string of the molecule is CCCOc1c(/C=C2/SC(=Nc3cccc(C(=O)N4CCOCC4)c3)N(C)C2=O)cccc1OC. The predicted molar refractivity (Wildman–Crippen MR) is 137 cm³/mol. The molecule has 0 atom stereocenters. The van der Waals surface area contributed by atoms with Gasteiger partial charge in [-0.05, 0) is 48.5 Å². The average Bonchev–Trinajstić information content (AvgIpc) is 3.15. The first-order valence-corrected chi connectivity index (χ1v) is 12.4. The zero-order valence-electron chi connectivity index (χ0n) is 20.2. The van der Waals surface area contributed by atoms with Gasteiger partial charge in [0.05, 0.1) is 37.5 Å². The fourth-order valence-corrected chi connectivity index (χ4v) is 4.70. The van der Waals surface area contributed by atoms with Gasteiger partial charge in [-0.1, -0.05) is 25.1 Å². The van der Waals surface area contributed by atoms with Crippen molar-refractivity contribution in [2.75, 3.05) is 47.1 Å². The second kappa shape index (κ2) is 11.4. The number of amidine groups is 1. The fraction of sp³-hybridized carbons (Fsp3) is 0.346. The molecule has 2 aliphatic heterocycles. The van der Waals surface area contributed by atoms with Gasteiger partial charge < -0.3 is 19.1 Å². The maximum absolute atomic E-state index is 13.0. The summed E-state index contributed by atoms with van der Waals surface area (Å²) in [5, 5.41) is 0.538. The molecule has 4 rings (SSSR count). The first-order chi connectivity index (χ1) is 17.0. The third-order valence-corrected chi connectivity index (χ3v) is 6.65. The van der Waals surface area contributed by atoms with E-state index in [2.05, 4.69) is 4.99 Å². The lowest BCUT2D eigenvalue weighted by atomic mass is 10.1. The van der Waals surface area contributed by atoms with Crippen LogP contribution in [0.25, 0.3) is 6.08 Å². The first kappa shape index (κ1) is 24.8. The van der Waals surface area contributed by atoms with Crippen LogP contribution in [0.5, 0.6) is 11.5 Å². The molecule has 184 valence electrons. The van der Waals surface area contributed by atoms with Gasteiger partial charge in [0, 0.05) is 31.3 Å². The molecule has 2 amide bonds. The van der Waals surface area contributed by atoms with Crippen LogP contribution in [0, 0.1) is 0 Å². The van der Waals surface area contributed by atoms with Crippen molar-refractivity contribution in [3.8, 4) is 11.5 Å². The molecule has 2 aromatic rings. The van der Waals surface area contributed by atoms with Crippen LogP contribution in [0.2, 0.25) is 0 Å². The lowest BCUT2D eigenvalue weighted by Gasteiger charge is -2.26. The van der Waals surface area contributed by atoms with Crippen LogP contribution in [-0.2, 0) is 9.53 Å². The minimum Gasteiger partial charge on any atom is -0.493 e. The number of thioether (sulfide) groups is 1. The van der Waals surface area contributed by atoms with Crippen molar-refractivity contribution in [1.29, 1.82) is 0 Å². The Kier molecular flexibility index (Phi) is 8.09. The Morgan fingerprint density at radius 1 is 1.20 bits per heavy atom. The van der Waals surface area contributed by atoms with Gasteiger partial charge in [0.2, 0.25) is 0 Å². The molecule has 35 heavy (non-hydrogen) atoms. The Morgan fingerprint density at radius 3 is 2.71 bits per heavy atom. The van der Waals surface area contributed by atoms with Crippen LogP contribution >= 0.6 is 11.8 Å². The van der Waals surface area contributed by atoms with E-state index in [4.69, 9.17) is 14.2 Å². The number of carbonyl (C=O) groups is 2. The van der Waals surface area contributed by atoms with E-state index in [-0.39, 0.29) is 11.8 Å². The van der Waals surface area contributed by atoms with E-state index in [1.807, 2.05) is 31.2 Å². The van der Waals surface area contributed by atoms with Crippen molar-refractivity contribution < 1.29 is 23.8 Å². The van der Waals surface area contributed by atoms with Crippen LogP contribution in [0.1, 0.15) is 29.3 Å². The van der Waals surface area contributed by atoms with Gasteiger partial charge in [0.25, 0.3) is 11.8 Å². The van der Waals surface area contributed by atoms with Crippen molar-refractivity contribution in [3.05, 3.63) is 58.5 Å². The molecule has 8 nitrogen and oxygen atoms in total. The topological polar surface area (TPSA) is 80.7 Å². The van der Waals surface area contributed by atoms with E-state index in [0.29, 0.717) is 65.7 Å². The van der Waals surface area contributed by atoms with Gasteiger partial charge in [-0.2, -0.15) is 0 Å². The Balaban J connectivity index is 1.58. The molecule has 0 saturated carbocycles. The minimum atomic E-state index is -0.154. The van der Waals surface area contributed by atoms with Gasteiger partial charge >= 0.3 is 0 Å². The highest BCUT2D eigenvalue weighted by atomic mass is 32.2. The molecule has 2 fully saturated rings. The number of rotatable bonds is 7. The lowest BCUT2D eigenvalue weighted by Crippen LogP contribution is -2.40. The smallest absolute Gasteiger partial charge is 0.266 e. The molecular weight excluding hydrogens is 466 g/mol. The quantitative estimate of drug-likeness (QED) is 0.536. The highest BCUT2D eigenvalue weighted by Crippen LogP contribution is 2.38. The van der Waals surface area contributed by atoms with Crippen molar-refractivity contribution in [2.24, 2.45) is 4.99 Å². The summed E-state index contributed by atoms with van der Waals surface area (Å²) in [5.74, 6) is 1.03. The normalized spacial score (nSPS) is 18.4. The highest BCUT2D eigenvalue weighted by Gasteiger charge is 2.31. The highest BCUT2D eigenvalue weighted by molar-refractivity contribution is 8.18. The minimum absolute atomic E-state index is 0.0444. The Morgan fingerprint density at radius 2 is 1.97 bits per heavy atom. The Labute approximate surface area is 209 Å². The first-order valence-electron chi connectivity index (χ1n) is 11.5. The molecule has 0 N–H and O–H groups in total. The zero-order chi connectivity index (χ0) is 24.8. The van der Waals surface area contributed by atoms with Crippen LogP contribution in [-0.4, -0.2) is 73.8 Å². The van der Waals surface area contributed by atoms with E-state index in [1.165, 1.54) is 16.7 Å². The summed E-state index contributed by atoms with van der Waals surface area (Å²) in [6.45, 7) is 4.82. The number of para-hydroxylation sites is 1. The van der Waals surface area contributed by atoms with Crippen molar-refractivity contribution in [3.63, 3.8) is 0 Å². The second-order valence-electron chi connectivity index (χ2n) is 8.05. The average molecular weight is 496 g/mol. The zero-order valence-corrected chi connectivity index (χ0v) is 21.0. The van der Waals surface area contributed by atoms with Crippen LogP contribution in [0.4, 0.5) is 5.69 Å². The van der Waals surface area contributed by atoms with E-state index in [9.17, 15) is 9.59 Å². The maximum atomic E-state index is 13.0. The monoisotopic (exact) mass is 495 g/mol. The molecule has 0 aromatic heterocycles. The number of aliphatic imine (C=N–C) groups is 1. The number of benzene rings is 2. The number of ether oxygens (including phenoxy) is 3. The number of morpholine rings is 1. The number of likely N-dealkylation sites (N-methyl/N-ethyl adjacent to an activating group) is 1. The van der Waals surface area contributed by atoms with E-state index in [1.54, 1.807) is 43.3 Å². The molecule has 0 aliphatic carbocycles. The van der Waals surface area contributed by atoms with Gasteiger partial charge in [0.15, 0.2) is 16.7 Å². The van der Waals surface area contributed by atoms with Gasteiger partial charge in [-0.25, -0.2) is 4.99 Å². The fourth-order valence-electron chi connectivity index (χ4n) is 3.73. The summed E-state index contributed by atoms with van der Waals surface area (Å²) in [4.78, 5) is 34.3.